The first-order chi connectivity index (χ1) is 20.8. The van der Waals surface area contributed by atoms with Crippen molar-refractivity contribution in [3.8, 4) is 33.6 Å². The SMILES string of the molecule is CS(=O)(=O)NCc1cc(F)cc(-c2cncc3[nH]c(-c4n[nH]c5ncc(-c6cncc(CN7CCCC7)c6)cc45)cc23)c1. The molecule has 0 aliphatic carbocycles. The summed E-state index contributed by atoms with van der Waals surface area (Å²) in [6.07, 6.45) is 12.6. The molecule has 0 amide bonds. The van der Waals surface area contributed by atoms with E-state index in [4.69, 9.17) is 0 Å². The van der Waals surface area contributed by atoms with E-state index in [0.29, 0.717) is 28.0 Å². The van der Waals surface area contributed by atoms with E-state index in [9.17, 15) is 12.8 Å². The highest BCUT2D eigenvalue weighted by Crippen LogP contribution is 2.35. The molecule has 3 N–H and O–H groups in total. The van der Waals surface area contributed by atoms with Crippen LogP contribution >= 0.6 is 0 Å². The molecule has 1 aliphatic heterocycles. The Morgan fingerprint density at radius 2 is 1.67 bits per heavy atom. The van der Waals surface area contributed by atoms with Gasteiger partial charge in [-0.05, 0) is 79.0 Å². The molecule has 6 heterocycles. The Labute approximate surface area is 247 Å². The molecule has 0 bridgehead atoms. The van der Waals surface area contributed by atoms with Crippen LogP contribution < -0.4 is 4.72 Å². The van der Waals surface area contributed by atoms with E-state index in [0.717, 1.165) is 59.0 Å². The molecule has 12 heteroatoms. The van der Waals surface area contributed by atoms with Gasteiger partial charge in [0.2, 0.25) is 10.0 Å². The lowest BCUT2D eigenvalue weighted by Crippen LogP contribution is -2.21. The van der Waals surface area contributed by atoms with E-state index >= 15 is 0 Å². The third kappa shape index (κ3) is 5.76. The minimum absolute atomic E-state index is 0.0172. The fraction of sp³-hybridized carbons (Fsp3) is 0.226. The summed E-state index contributed by atoms with van der Waals surface area (Å²) >= 11 is 0. The van der Waals surface area contributed by atoms with Gasteiger partial charge in [0.05, 0.1) is 23.7 Å². The van der Waals surface area contributed by atoms with E-state index in [1.165, 1.54) is 30.5 Å². The molecular formula is C31H29FN8O2S. The molecule has 1 aliphatic rings. The van der Waals surface area contributed by atoms with Crippen molar-refractivity contribution in [1.82, 2.24) is 39.8 Å². The van der Waals surface area contributed by atoms with E-state index in [1.807, 2.05) is 24.7 Å². The van der Waals surface area contributed by atoms with Gasteiger partial charge in [-0.25, -0.2) is 22.5 Å². The summed E-state index contributed by atoms with van der Waals surface area (Å²) in [5, 5.41) is 9.29. The number of hydrogen-bond donors (Lipinski definition) is 3. The van der Waals surface area contributed by atoms with Gasteiger partial charge in [-0.15, -0.1) is 0 Å². The van der Waals surface area contributed by atoms with Crippen molar-refractivity contribution >= 4 is 32.0 Å². The number of likely N-dealkylation sites (tertiary alicyclic amines) is 1. The lowest BCUT2D eigenvalue weighted by Gasteiger charge is -2.14. The molecule has 0 saturated carbocycles. The van der Waals surface area contributed by atoms with Gasteiger partial charge >= 0.3 is 0 Å². The Morgan fingerprint density at radius 1 is 0.884 bits per heavy atom. The highest BCUT2D eigenvalue weighted by atomic mass is 32.2. The number of nitrogens with one attached hydrogen (secondary N) is 3. The molecule has 7 rings (SSSR count). The fourth-order valence-corrected chi connectivity index (χ4v) is 6.16. The number of benzene rings is 1. The number of fused-ring (bicyclic) bond motifs is 2. The standard InChI is InChI=1S/C31H29FN8O2S/c1-43(41,42)36-13-19-6-21(9-24(32)8-19)27-16-34-17-29-25(27)11-28(37-29)30-26-10-23(15-35-31(26)39-38-30)22-7-20(12-33-14-22)18-40-4-2-3-5-40/h6-12,14-17,36-37H,2-5,13,18H2,1H3,(H,35,38,39). The lowest BCUT2D eigenvalue weighted by molar-refractivity contribution is 0.331. The second kappa shape index (κ2) is 11.0. The number of hydrogen-bond acceptors (Lipinski definition) is 7. The number of pyridine rings is 3. The summed E-state index contributed by atoms with van der Waals surface area (Å²) < 4.78 is 40.2. The number of aromatic nitrogens is 6. The lowest BCUT2D eigenvalue weighted by atomic mass is 10.0. The number of nitrogens with zero attached hydrogens (tertiary/aromatic N) is 5. The smallest absolute Gasteiger partial charge is 0.209 e. The second-order valence-corrected chi connectivity index (χ2v) is 12.9. The van der Waals surface area contributed by atoms with Gasteiger partial charge in [-0.2, -0.15) is 5.10 Å². The molecular weight excluding hydrogens is 567 g/mol. The zero-order valence-electron chi connectivity index (χ0n) is 23.4. The van der Waals surface area contributed by atoms with Crippen LogP contribution in [0.15, 0.2) is 67.4 Å². The molecule has 0 atom stereocenters. The maximum absolute atomic E-state index is 14.6. The average Bonchev–Trinajstić information content (AvgIpc) is 3.75. The van der Waals surface area contributed by atoms with Crippen LogP contribution in [0, 0.1) is 5.82 Å². The Kier molecular flexibility index (Phi) is 6.96. The van der Waals surface area contributed by atoms with Gasteiger partial charge in [-0.1, -0.05) is 0 Å². The second-order valence-electron chi connectivity index (χ2n) is 11.0. The van der Waals surface area contributed by atoms with Gasteiger partial charge in [0, 0.05) is 65.3 Å². The van der Waals surface area contributed by atoms with Gasteiger partial charge in [-0.3, -0.25) is 20.0 Å². The van der Waals surface area contributed by atoms with Crippen LogP contribution in [0.5, 0.6) is 0 Å². The highest BCUT2D eigenvalue weighted by Gasteiger charge is 2.17. The van der Waals surface area contributed by atoms with Crippen LogP contribution in [-0.4, -0.2) is 62.8 Å². The summed E-state index contributed by atoms with van der Waals surface area (Å²) in [6.45, 7) is 3.12. The summed E-state index contributed by atoms with van der Waals surface area (Å²) in [7, 11) is -3.43. The number of sulfonamides is 1. The summed E-state index contributed by atoms with van der Waals surface area (Å²) in [6, 6.07) is 10.7. The van der Waals surface area contributed by atoms with Crippen LogP contribution in [0.4, 0.5) is 4.39 Å². The molecule has 0 unspecified atom stereocenters. The molecule has 5 aromatic heterocycles. The molecule has 0 radical (unpaired) electrons. The van der Waals surface area contributed by atoms with Crippen LogP contribution in [0.3, 0.4) is 0 Å². The summed E-state index contributed by atoms with van der Waals surface area (Å²) in [4.78, 5) is 19.4. The number of rotatable bonds is 8. The van der Waals surface area contributed by atoms with E-state index in [1.54, 1.807) is 18.5 Å². The quantitative estimate of drug-likeness (QED) is 0.225. The third-order valence-corrected chi connectivity index (χ3v) is 8.43. The maximum atomic E-state index is 14.6. The van der Waals surface area contributed by atoms with E-state index in [-0.39, 0.29) is 6.54 Å². The molecule has 43 heavy (non-hydrogen) atoms. The van der Waals surface area contributed by atoms with Crippen molar-refractivity contribution in [3.63, 3.8) is 0 Å². The first kappa shape index (κ1) is 27.3. The molecule has 1 fully saturated rings. The molecule has 6 aromatic rings. The zero-order chi connectivity index (χ0) is 29.6. The van der Waals surface area contributed by atoms with Crippen molar-refractivity contribution < 1.29 is 12.8 Å². The van der Waals surface area contributed by atoms with E-state index in [2.05, 4.69) is 51.9 Å². The normalized spacial score (nSPS) is 14.3. The van der Waals surface area contributed by atoms with Crippen molar-refractivity contribution in [1.29, 1.82) is 0 Å². The molecule has 1 aromatic carbocycles. The van der Waals surface area contributed by atoms with Crippen LogP contribution in [0.25, 0.3) is 55.6 Å². The first-order valence-electron chi connectivity index (χ1n) is 14.0. The van der Waals surface area contributed by atoms with Crippen molar-refractivity contribution in [2.75, 3.05) is 19.3 Å². The third-order valence-electron chi connectivity index (χ3n) is 7.76. The van der Waals surface area contributed by atoms with Crippen molar-refractivity contribution in [2.24, 2.45) is 0 Å². The molecule has 1 saturated heterocycles. The van der Waals surface area contributed by atoms with Gasteiger partial charge in [0.1, 0.15) is 11.5 Å². The average molecular weight is 597 g/mol. The Balaban J connectivity index is 1.24. The van der Waals surface area contributed by atoms with Gasteiger partial charge in [0.15, 0.2) is 5.65 Å². The van der Waals surface area contributed by atoms with E-state index < -0.39 is 15.8 Å². The predicted molar refractivity (Wildman–Crippen MR) is 164 cm³/mol. The van der Waals surface area contributed by atoms with Gasteiger partial charge < -0.3 is 4.98 Å². The number of halogens is 1. The summed E-state index contributed by atoms with van der Waals surface area (Å²) in [5.41, 5.74) is 7.78. The Hall–Kier alpha value is -4.52. The maximum Gasteiger partial charge on any atom is 0.209 e. The number of aromatic amines is 2. The topological polar surface area (TPSA) is 133 Å². The molecule has 0 spiro atoms. The molecule has 218 valence electrons. The predicted octanol–water partition coefficient (Wildman–Crippen LogP) is 5.01. The van der Waals surface area contributed by atoms with Crippen LogP contribution in [0.1, 0.15) is 24.0 Å². The minimum atomic E-state index is -3.43. The van der Waals surface area contributed by atoms with Crippen LogP contribution in [-0.2, 0) is 23.1 Å². The zero-order valence-corrected chi connectivity index (χ0v) is 24.2. The van der Waals surface area contributed by atoms with Crippen LogP contribution in [0.2, 0.25) is 0 Å². The molecule has 10 nitrogen and oxygen atoms in total. The Bertz CT molecular complexity index is 2080. The monoisotopic (exact) mass is 596 g/mol. The number of H-pyrrole nitrogens is 2. The van der Waals surface area contributed by atoms with Gasteiger partial charge in [0.25, 0.3) is 0 Å². The van der Waals surface area contributed by atoms with Crippen molar-refractivity contribution in [2.45, 2.75) is 25.9 Å². The largest absolute Gasteiger partial charge is 0.352 e. The highest BCUT2D eigenvalue weighted by molar-refractivity contribution is 7.88. The van der Waals surface area contributed by atoms with Crippen molar-refractivity contribution in [3.05, 3.63) is 84.3 Å². The first-order valence-corrected chi connectivity index (χ1v) is 15.9. The Morgan fingerprint density at radius 3 is 2.51 bits per heavy atom. The minimum Gasteiger partial charge on any atom is -0.352 e. The summed E-state index contributed by atoms with van der Waals surface area (Å²) in [5.74, 6) is -0.466. The fourth-order valence-electron chi connectivity index (χ4n) is 5.73.